The zero-order valence-electron chi connectivity index (χ0n) is 18.5. The summed E-state index contributed by atoms with van der Waals surface area (Å²) in [6, 6.07) is 9.55. The van der Waals surface area contributed by atoms with Crippen molar-refractivity contribution in [3.05, 3.63) is 57.5 Å². The SMILES string of the molecule is CC1(C)CC(=O)c2cc(C(=O)Nc3nc4ccccc4n3C3CCCCC3)c(=O)[nH]c2C1. The van der Waals surface area contributed by atoms with Gasteiger partial charge in [0.25, 0.3) is 11.5 Å². The third-order valence-corrected chi connectivity index (χ3v) is 6.72. The second-order valence-electron chi connectivity index (χ2n) is 9.89. The molecule has 2 heterocycles. The summed E-state index contributed by atoms with van der Waals surface area (Å²) < 4.78 is 2.10. The summed E-state index contributed by atoms with van der Waals surface area (Å²) in [5.41, 5.74) is 2.10. The van der Waals surface area contributed by atoms with Gasteiger partial charge in [-0.25, -0.2) is 4.98 Å². The van der Waals surface area contributed by atoms with Crippen LogP contribution in [-0.2, 0) is 6.42 Å². The number of H-pyrrole nitrogens is 1. The zero-order chi connectivity index (χ0) is 22.5. The van der Waals surface area contributed by atoms with E-state index in [1.54, 1.807) is 0 Å². The molecule has 5 rings (SSSR count). The number of fused-ring (bicyclic) bond motifs is 2. The number of aromatic amines is 1. The van der Waals surface area contributed by atoms with Crippen LogP contribution in [0.2, 0.25) is 0 Å². The van der Waals surface area contributed by atoms with E-state index in [0.29, 0.717) is 30.0 Å². The summed E-state index contributed by atoms with van der Waals surface area (Å²) >= 11 is 0. The summed E-state index contributed by atoms with van der Waals surface area (Å²) in [6.07, 6.45) is 6.58. The van der Waals surface area contributed by atoms with Crippen LogP contribution in [0.1, 0.15) is 84.8 Å². The Labute approximate surface area is 186 Å². The van der Waals surface area contributed by atoms with Crippen LogP contribution in [0.25, 0.3) is 11.0 Å². The van der Waals surface area contributed by atoms with Crippen molar-refractivity contribution in [3.63, 3.8) is 0 Å². The molecule has 7 heteroatoms. The number of benzene rings is 1. The van der Waals surface area contributed by atoms with Gasteiger partial charge in [-0.05, 0) is 42.9 Å². The third kappa shape index (κ3) is 3.66. The highest BCUT2D eigenvalue weighted by Crippen LogP contribution is 2.35. The lowest BCUT2D eigenvalue weighted by Crippen LogP contribution is -2.33. The molecular formula is C25H28N4O3. The predicted octanol–water partition coefficient (Wildman–Crippen LogP) is 4.64. The lowest BCUT2D eigenvalue weighted by Gasteiger charge is -2.29. The van der Waals surface area contributed by atoms with E-state index in [1.165, 1.54) is 12.5 Å². The quantitative estimate of drug-likeness (QED) is 0.630. The van der Waals surface area contributed by atoms with Gasteiger partial charge in [0.2, 0.25) is 5.95 Å². The second kappa shape index (κ2) is 7.73. The summed E-state index contributed by atoms with van der Waals surface area (Å²) in [5, 5.41) is 2.87. The van der Waals surface area contributed by atoms with E-state index in [4.69, 9.17) is 0 Å². The summed E-state index contributed by atoms with van der Waals surface area (Å²) in [4.78, 5) is 46.0. The Morgan fingerprint density at radius 1 is 1.12 bits per heavy atom. The maximum absolute atomic E-state index is 13.2. The number of carbonyl (C=O) groups is 2. The van der Waals surface area contributed by atoms with Crippen molar-refractivity contribution >= 4 is 28.7 Å². The van der Waals surface area contributed by atoms with E-state index in [1.807, 2.05) is 38.1 Å². The van der Waals surface area contributed by atoms with Crippen LogP contribution in [0.4, 0.5) is 5.95 Å². The molecule has 3 aromatic rings. The molecule has 2 aliphatic rings. The number of para-hydroxylation sites is 2. The Kier molecular flexibility index (Phi) is 4.99. The smallest absolute Gasteiger partial charge is 0.263 e. The maximum atomic E-state index is 13.2. The van der Waals surface area contributed by atoms with E-state index < -0.39 is 11.5 Å². The molecule has 1 aromatic carbocycles. The van der Waals surface area contributed by atoms with Gasteiger partial charge in [-0.3, -0.25) is 19.7 Å². The summed E-state index contributed by atoms with van der Waals surface area (Å²) in [6.45, 7) is 4.01. The molecule has 7 nitrogen and oxygen atoms in total. The number of ketones is 1. The molecule has 2 aromatic heterocycles. The van der Waals surface area contributed by atoms with Crippen molar-refractivity contribution in [2.24, 2.45) is 5.41 Å². The van der Waals surface area contributed by atoms with E-state index in [-0.39, 0.29) is 22.8 Å². The topological polar surface area (TPSA) is 96.8 Å². The molecule has 0 aliphatic heterocycles. The van der Waals surface area contributed by atoms with Crippen molar-refractivity contribution < 1.29 is 9.59 Å². The fraction of sp³-hybridized carbons (Fsp3) is 0.440. The zero-order valence-corrected chi connectivity index (χ0v) is 18.5. The van der Waals surface area contributed by atoms with Gasteiger partial charge in [-0.1, -0.05) is 45.2 Å². The molecule has 166 valence electrons. The average Bonchev–Trinajstić information content (AvgIpc) is 3.10. The number of hydrogen-bond donors (Lipinski definition) is 2. The van der Waals surface area contributed by atoms with Gasteiger partial charge >= 0.3 is 0 Å². The molecule has 32 heavy (non-hydrogen) atoms. The minimum Gasteiger partial charge on any atom is -0.325 e. The van der Waals surface area contributed by atoms with Gasteiger partial charge in [0, 0.05) is 23.7 Å². The minimum atomic E-state index is -0.543. The first kappa shape index (κ1) is 20.7. The van der Waals surface area contributed by atoms with E-state index in [9.17, 15) is 14.4 Å². The normalized spacial score (nSPS) is 18.5. The van der Waals surface area contributed by atoms with Crippen molar-refractivity contribution in [2.75, 3.05) is 5.32 Å². The second-order valence-corrected chi connectivity index (χ2v) is 9.89. The molecule has 0 radical (unpaired) electrons. The molecule has 1 amide bonds. The number of rotatable bonds is 3. The summed E-state index contributed by atoms with van der Waals surface area (Å²) in [5.74, 6) is -0.136. The van der Waals surface area contributed by atoms with E-state index in [0.717, 1.165) is 36.7 Å². The number of Topliss-reactive ketones (excluding diaryl/α,β-unsaturated/α-hetero) is 1. The molecule has 2 aliphatic carbocycles. The van der Waals surface area contributed by atoms with Crippen LogP contribution >= 0.6 is 0 Å². The Hall–Kier alpha value is -3.22. The number of carbonyl (C=O) groups excluding carboxylic acids is 2. The van der Waals surface area contributed by atoms with Crippen LogP contribution in [0.5, 0.6) is 0 Å². The van der Waals surface area contributed by atoms with Gasteiger partial charge in [-0.15, -0.1) is 0 Å². The lowest BCUT2D eigenvalue weighted by molar-refractivity contribution is 0.0910. The molecule has 0 spiro atoms. The molecule has 0 unspecified atom stereocenters. The third-order valence-electron chi connectivity index (χ3n) is 6.72. The fourth-order valence-electron chi connectivity index (χ4n) is 5.21. The van der Waals surface area contributed by atoms with Gasteiger partial charge in [0.1, 0.15) is 5.56 Å². The number of amides is 1. The maximum Gasteiger partial charge on any atom is 0.263 e. The molecule has 1 saturated carbocycles. The highest BCUT2D eigenvalue weighted by Gasteiger charge is 2.33. The van der Waals surface area contributed by atoms with Gasteiger partial charge < -0.3 is 9.55 Å². The number of pyridine rings is 1. The first-order valence-corrected chi connectivity index (χ1v) is 11.4. The Balaban J connectivity index is 1.52. The van der Waals surface area contributed by atoms with Crippen LogP contribution in [-0.4, -0.2) is 26.2 Å². The van der Waals surface area contributed by atoms with Crippen LogP contribution in [0.15, 0.2) is 35.1 Å². The average molecular weight is 433 g/mol. The molecular weight excluding hydrogens is 404 g/mol. The van der Waals surface area contributed by atoms with Crippen LogP contribution < -0.4 is 10.9 Å². The van der Waals surface area contributed by atoms with Crippen molar-refractivity contribution in [2.45, 2.75) is 64.8 Å². The van der Waals surface area contributed by atoms with Crippen LogP contribution in [0, 0.1) is 5.41 Å². The highest BCUT2D eigenvalue weighted by molar-refractivity contribution is 6.06. The Bertz CT molecular complexity index is 1280. The molecule has 0 bridgehead atoms. The highest BCUT2D eigenvalue weighted by atomic mass is 16.2. The molecule has 0 saturated heterocycles. The lowest BCUT2D eigenvalue weighted by atomic mass is 9.75. The standard InChI is InChI=1S/C25H28N4O3/c1-25(2)13-19-16(21(30)14-25)12-17(22(31)26-19)23(32)28-24-27-18-10-6-7-11-20(18)29(24)15-8-4-3-5-9-15/h6-7,10-12,15H,3-5,8-9,13-14H2,1-2H3,(H,26,31)(H,27,28,32). The Morgan fingerprint density at radius 3 is 2.66 bits per heavy atom. The van der Waals surface area contributed by atoms with E-state index in [2.05, 4.69) is 19.9 Å². The monoisotopic (exact) mass is 432 g/mol. The molecule has 1 fully saturated rings. The van der Waals surface area contributed by atoms with Gasteiger partial charge in [0.15, 0.2) is 5.78 Å². The minimum absolute atomic E-state index is 0.0454. The fourth-order valence-corrected chi connectivity index (χ4v) is 5.21. The molecule has 0 atom stereocenters. The van der Waals surface area contributed by atoms with Crippen molar-refractivity contribution in [1.29, 1.82) is 0 Å². The first-order chi connectivity index (χ1) is 15.3. The summed E-state index contributed by atoms with van der Waals surface area (Å²) in [7, 11) is 0. The van der Waals surface area contributed by atoms with Gasteiger partial charge in [-0.2, -0.15) is 0 Å². The van der Waals surface area contributed by atoms with Crippen molar-refractivity contribution in [3.8, 4) is 0 Å². The van der Waals surface area contributed by atoms with Crippen molar-refractivity contribution in [1.82, 2.24) is 14.5 Å². The number of nitrogens with zero attached hydrogens (tertiary/aromatic N) is 2. The molecule has 2 N–H and O–H groups in total. The van der Waals surface area contributed by atoms with E-state index >= 15 is 0 Å². The van der Waals surface area contributed by atoms with Gasteiger partial charge in [0.05, 0.1) is 11.0 Å². The van der Waals surface area contributed by atoms with Crippen LogP contribution in [0.3, 0.4) is 0 Å². The first-order valence-electron chi connectivity index (χ1n) is 11.4. The number of nitrogens with one attached hydrogen (secondary N) is 2. The number of aromatic nitrogens is 3. The number of anilines is 1. The largest absolute Gasteiger partial charge is 0.325 e. The number of hydrogen-bond acceptors (Lipinski definition) is 4. The Morgan fingerprint density at radius 2 is 1.88 bits per heavy atom. The predicted molar refractivity (Wildman–Crippen MR) is 123 cm³/mol. The number of imidazole rings is 1.